The Hall–Kier alpha value is -2.78. The molecule has 134 valence electrons. The zero-order chi connectivity index (χ0) is 18.4. The number of ether oxygens (including phenoxy) is 2. The van der Waals surface area contributed by atoms with Crippen molar-refractivity contribution in [2.75, 3.05) is 14.2 Å². The molecule has 9 heteroatoms. The number of carbonyl (C=O) groups is 1. The molecular weight excluding hydrogens is 350 g/mol. The Balaban J connectivity index is 2.45. The van der Waals surface area contributed by atoms with E-state index < -0.39 is 16.0 Å². The molecule has 1 heterocycles. The van der Waals surface area contributed by atoms with E-state index in [4.69, 9.17) is 13.9 Å². The van der Waals surface area contributed by atoms with Gasteiger partial charge in [-0.2, -0.15) is 0 Å². The van der Waals surface area contributed by atoms with Gasteiger partial charge in [0.25, 0.3) is 0 Å². The molecular formula is C16H16NO7S-. The van der Waals surface area contributed by atoms with Gasteiger partial charge in [-0.1, -0.05) is 6.08 Å². The molecule has 25 heavy (non-hydrogen) atoms. The first kappa shape index (κ1) is 18.6. The Morgan fingerprint density at radius 3 is 2.64 bits per heavy atom. The first-order valence-electron chi connectivity index (χ1n) is 7.04. The van der Waals surface area contributed by atoms with Crippen LogP contribution < -0.4 is 19.3 Å². The average Bonchev–Trinajstić information content (AvgIpc) is 3.10. The van der Waals surface area contributed by atoms with E-state index in [0.29, 0.717) is 11.3 Å². The zero-order valence-electron chi connectivity index (χ0n) is 13.5. The highest BCUT2D eigenvalue weighted by Crippen LogP contribution is 2.36. The van der Waals surface area contributed by atoms with Gasteiger partial charge in [0, 0.05) is 0 Å². The van der Waals surface area contributed by atoms with Crippen molar-refractivity contribution < 1.29 is 32.2 Å². The van der Waals surface area contributed by atoms with E-state index in [1.54, 1.807) is 12.1 Å². The number of carboxylic acids is 1. The topological polar surface area (TPSA) is 118 Å². The first-order valence-corrected chi connectivity index (χ1v) is 8.53. The molecule has 0 radical (unpaired) electrons. The third-order valence-corrected chi connectivity index (χ3v) is 4.59. The van der Waals surface area contributed by atoms with Crippen LogP contribution in [0.2, 0.25) is 0 Å². The molecule has 1 aromatic heterocycles. The summed E-state index contributed by atoms with van der Waals surface area (Å²) in [6, 6.07) is 5.98. The van der Waals surface area contributed by atoms with Crippen LogP contribution in [0.4, 0.5) is 0 Å². The third kappa shape index (κ3) is 4.61. The lowest BCUT2D eigenvalue weighted by atomic mass is 10.2. The van der Waals surface area contributed by atoms with Crippen LogP contribution in [0.1, 0.15) is 11.3 Å². The molecule has 0 fully saturated rings. The SMILES string of the molecule is COc1cc(C=CC(=O)[O-])cc(S(=O)(=O)NCc2ccco2)c1OC. The average molecular weight is 366 g/mol. The number of aliphatic carboxylic acids is 1. The fraction of sp³-hybridized carbons (Fsp3) is 0.188. The predicted molar refractivity (Wildman–Crippen MR) is 86.3 cm³/mol. The molecule has 2 rings (SSSR count). The van der Waals surface area contributed by atoms with E-state index in [2.05, 4.69) is 4.72 Å². The second-order valence-electron chi connectivity index (χ2n) is 4.81. The summed E-state index contributed by atoms with van der Waals surface area (Å²) >= 11 is 0. The number of sulfonamides is 1. The van der Waals surface area contributed by atoms with Crippen molar-refractivity contribution in [2.24, 2.45) is 0 Å². The minimum absolute atomic E-state index is 0.0000416. The lowest BCUT2D eigenvalue weighted by Gasteiger charge is -2.15. The van der Waals surface area contributed by atoms with E-state index in [0.717, 1.165) is 6.08 Å². The van der Waals surface area contributed by atoms with E-state index in [9.17, 15) is 18.3 Å². The van der Waals surface area contributed by atoms with Gasteiger partial charge in [0.2, 0.25) is 10.0 Å². The molecule has 0 aliphatic heterocycles. The maximum atomic E-state index is 12.6. The number of carboxylic acid groups (broad SMARTS) is 1. The van der Waals surface area contributed by atoms with E-state index in [1.807, 2.05) is 0 Å². The number of hydrogen-bond acceptors (Lipinski definition) is 7. The monoisotopic (exact) mass is 366 g/mol. The largest absolute Gasteiger partial charge is 0.545 e. The highest BCUT2D eigenvalue weighted by atomic mass is 32.2. The number of methoxy groups -OCH3 is 2. The van der Waals surface area contributed by atoms with Crippen LogP contribution in [-0.2, 0) is 21.4 Å². The van der Waals surface area contributed by atoms with E-state index in [-0.39, 0.29) is 22.9 Å². The van der Waals surface area contributed by atoms with Crippen molar-refractivity contribution in [3.8, 4) is 11.5 Å². The van der Waals surface area contributed by atoms with Crippen LogP contribution in [0.25, 0.3) is 6.08 Å². The molecule has 2 aromatic rings. The molecule has 0 unspecified atom stereocenters. The summed E-state index contributed by atoms with van der Waals surface area (Å²) in [6.45, 7) is -0.0556. The van der Waals surface area contributed by atoms with Crippen molar-refractivity contribution in [3.05, 3.63) is 47.9 Å². The minimum atomic E-state index is -3.98. The van der Waals surface area contributed by atoms with Gasteiger partial charge in [0.05, 0.1) is 33.0 Å². The number of nitrogens with one attached hydrogen (secondary N) is 1. The van der Waals surface area contributed by atoms with Crippen LogP contribution in [0.15, 0.2) is 45.9 Å². The Morgan fingerprint density at radius 1 is 1.32 bits per heavy atom. The molecule has 0 aliphatic carbocycles. The summed E-state index contributed by atoms with van der Waals surface area (Å²) in [5.41, 5.74) is 0.292. The molecule has 8 nitrogen and oxygen atoms in total. The van der Waals surface area contributed by atoms with Gasteiger partial charge in [0.15, 0.2) is 11.5 Å². The van der Waals surface area contributed by atoms with Crippen LogP contribution in [-0.4, -0.2) is 28.6 Å². The lowest BCUT2D eigenvalue weighted by Crippen LogP contribution is -2.24. The van der Waals surface area contributed by atoms with Crippen LogP contribution in [0.5, 0.6) is 11.5 Å². The normalized spacial score (nSPS) is 11.6. The molecule has 0 aliphatic rings. The third-order valence-electron chi connectivity index (χ3n) is 3.19. The van der Waals surface area contributed by atoms with Crippen molar-refractivity contribution in [2.45, 2.75) is 11.4 Å². The number of benzene rings is 1. The molecule has 0 saturated heterocycles. The summed E-state index contributed by atoms with van der Waals surface area (Å²) in [4.78, 5) is 10.4. The van der Waals surface area contributed by atoms with Crippen LogP contribution in [0.3, 0.4) is 0 Å². The van der Waals surface area contributed by atoms with Gasteiger partial charge < -0.3 is 23.8 Å². The second kappa shape index (κ2) is 7.86. The fourth-order valence-corrected chi connectivity index (χ4v) is 3.27. The Kier molecular flexibility index (Phi) is 5.84. The lowest BCUT2D eigenvalue weighted by molar-refractivity contribution is -0.297. The Labute approximate surface area is 144 Å². The highest BCUT2D eigenvalue weighted by molar-refractivity contribution is 7.89. The van der Waals surface area contributed by atoms with Crippen LogP contribution in [0, 0.1) is 0 Å². The van der Waals surface area contributed by atoms with Gasteiger partial charge in [-0.05, 0) is 35.9 Å². The second-order valence-corrected chi connectivity index (χ2v) is 6.55. The number of carbonyl (C=O) groups excluding carboxylic acids is 1. The Bertz CT molecular complexity index is 870. The van der Waals surface area contributed by atoms with Crippen molar-refractivity contribution >= 4 is 22.1 Å². The fourth-order valence-electron chi connectivity index (χ4n) is 2.07. The smallest absolute Gasteiger partial charge is 0.244 e. The summed E-state index contributed by atoms with van der Waals surface area (Å²) in [5, 5.41) is 10.6. The molecule has 1 aromatic carbocycles. The maximum Gasteiger partial charge on any atom is 0.244 e. The standard InChI is InChI=1S/C16H17NO7S/c1-22-13-8-11(5-6-15(18)19)9-14(16(13)23-2)25(20,21)17-10-12-4-3-7-24-12/h3-9,17H,10H2,1-2H3,(H,18,19)/p-1. The zero-order valence-corrected chi connectivity index (χ0v) is 14.3. The van der Waals surface area contributed by atoms with Crippen molar-refractivity contribution in [1.82, 2.24) is 4.72 Å². The van der Waals surface area contributed by atoms with Gasteiger partial charge in [-0.25, -0.2) is 13.1 Å². The molecule has 0 bridgehead atoms. The van der Waals surface area contributed by atoms with Crippen molar-refractivity contribution in [1.29, 1.82) is 0 Å². The summed E-state index contributed by atoms with van der Waals surface area (Å²) < 4.78 is 43.0. The predicted octanol–water partition coefficient (Wildman–Crippen LogP) is 0.538. The maximum absolute atomic E-state index is 12.6. The molecule has 0 atom stereocenters. The van der Waals surface area contributed by atoms with Crippen molar-refractivity contribution in [3.63, 3.8) is 0 Å². The number of furan rings is 1. The minimum Gasteiger partial charge on any atom is -0.545 e. The van der Waals surface area contributed by atoms with Gasteiger partial charge in [-0.15, -0.1) is 0 Å². The van der Waals surface area contributed by atoms with Gasteiger partial charge in [0.1, 0.15) is 10.7 Å². The molecule has 0 amide bonds. The van der Waals surface area contributed by atoms with E-state index in [1.165, 1.54) is 38.7 Å². The van der Waals surface area contributed by atoms with E-state index >= 15 is 0 Å². The first-order chi connectivity index (χ1) is 11.9. The number of rotatable bonds is 8. The summed E-state index contributed by atoms with van der Waals surface area (Å²) in [5.74, 6) is -0.834. The van der Waals surface area contributed by atoms with Crippen LogP contribution >= 0.6 is 0 Å². The quantitative estimate of drug-likeness (QED) is 0.677. The summed E-state index contributed by atoms with van der Waals surface area (Å²) in [6.07, 6.45) is 3.41. The van der Waals surface area contributed by atoms with Gasteiger partial charge >= 0.3 is 0 Å². The summed E-state index contributed by atoms with van der Waals surface area (Å²) in [7, 11) is -1.34. The van der Waals surface area contributed by atoms with Gasteiger partial charge in [-0.3, -0.25) is 0 Å². The molecule has 0 spiro atoms. The molecule has 1 N–H and O–H groups in total. The number of hydrogen-bond donors (Lipinski definition) is 1. The highest BCUT2D eigenvalue weighted by Gasteiger charge is 2.23. The Morgan fingerprint density at radius 2 is 2.08 bits per heavy atom. The molecule has 0 saturated carbocycles.